The van der Waals surface area contributed by atoms with Crippen molar-refractivity contribution in [3.8, 4) is 0 Å². The number of hydrogen-bond donors (Lipinski definition) is 1. The minimum atomic E-state index is -0.578. The smallest absolute Gasteiger partial charge is 0.0742 e. The van der Waals surface area contributed by atoms with Gasteiger partial charge in [0.2, 0.25) is 0 Å². The van der Waals surface area contributed by atoms with E-state index in [1.807, 2.05) is 6.07 Å². The predicted octanol–water partition coefficient (Wildman–Crippen LogP) is 3.76. The van der Waals surface area contributed by atoms with E-state index in [1.165, 1.54) is 4.88 Å². The molecular weight excluding hydrogens is 300 g/mol. The highest BCUT2D eigenvalue weighted by atomic mass is 79.9. The lowest BCUT2D eigenvalue weighted by atomic mass is 9.85. The summed E-state index contributed by atoms with van der Waals surface area (Å²) < 4.78 is 6.81. The zero-order valence-corrected chi connectivity index (χ0v) is 12.5. The Morgan fingerprint density at radius 3 is 3.12 bits per heavy atom. The molecular formula is C13H19BrO2S. The van der Waals surface area contributed by atoms with Crippen LogP contribution in [0.3, 0.4) is 0 Å². The molecule has 1 aromatic heterocycles. The van der Waals surface area contributed by atoms with Crippen LogP contribution in [0.1, 0.15) is 37.5 Å². The first-order valence-corrected chi connectivity index (χ1v) is 7.86. The van der Waals surface area contributed by atoms with Crippen LogP contribution < -0.4 is 0 Å². The van der Waals surface area contributed by atoms with Gasteiger partial charge in [0.05, 0.1) is 11.7 Å². The van der Waals surface area contributed by atoms with E-state index in [2.05, 4.69) is 28.2 Å². The van der Waals surface area contributed by atoms with Gasteiger partial charge in [0.15, 0.2) is 0 Å². The van der Waals surface area contributed by atoms with Crippen LogP contribution in [0.15, 0.2) is 15.9 Å². The van der Waals surface area contributed by atoms with E-state index in [0.717, 1.165) is 36.6 Å². The van der Waals surface area contributed by atoms with Crippen LogP contribution in [0.5, 0.6) is 0 Å². The molecule has 2 rings (SSSR count). The zero-order valence-electron chi connectivity index (χ0n) is 10.1. The van der Waals surface area contributed by atoms with Crippen molar-refractivity contribution in [1.82, 2.24) is 0 Å². The molecule has 96 valence electrons. The van der Waals surface area contributed by atoms with Gasteiger partial charge in [0.1, 0.15) is 0 Å². The summed E-state index contributed by atoms with van der Waals surface area (Å²) in [6, 6.07) is 2.05. The van der Waals surface area contributed by atoms with Crippen molar-refractivity contribution in [2.24, 2.45) is 0 Å². The molecule has 2 atom stereocenters. The van der Waals surface area contributed by atoms with E-state index in [9.17, 15) is 5.11 Å². The second kappa shape index (κ2) is 5.83. The minimum Gasteiger partial charge on any atom is -0.389 e. The number of hydrogen-bond acceptors (Lipinski definition) is 3. The van der Waals surface area contributed by atoms with Crippen molar-refractivity contribution in [3.05, 3.63) is 20.8 Å². The number of aliphatic hydroxyl groups is 1. The second-order valence-electron chi connectivity index (χ2n) is 4.83. The van der Waals surface area contributed by atoms with Gasteiger partial charge in [-0.05, 0) is 40.2 Å². The van der Waals surface area contributed by atoms with Crippen molar-refractivity contribution in [2.75, 3.05) is 6.61 Å². The highest BCUT2D eigenvalue weighted by Crippen LogP contribution is 2.34. The Morgan fingerprint density at radius 2 is 2.47 bits per heavy atom. The Kier molecular flexibility index (Phi) is 4.64. The molecule has 17 heavy (non-hydrogen) atoms. The summed E-state index contributed by atoms with van der Waals surface area (Å²) in [5, 5.41) is 12.7. The van der Waals surface area contributed by atoms with Crippen molar-refractivity contribution in [1.29, 1.82) is 0 Å². The number of ether oxygens (including phenoxy) is 1. The minimum absolute atomic E-state index is 0.234. The third kappa shape index (κ3) is 3.53. The third-order valence-electron chi connectivity index (χ3n) is 3.32. The third-order valence-corrected chi connectivity index (χ3v) is 5.25. The maximum atomic E-state index is 10.7. The number of thiophene rings is 1. The summed E-state index contributed by atoms with van der Waals surface area (Å²) in [5.41, 5.74) is -0.578. The Labute approximate surface area is 115 Å². The maximum Gasteiger partial charge on any atom is 0.0742 e. The van der Waals surface area contributed by atoms with Crippen LogP contribution >= 0.6 is 27.3 Å². The highest BCUT2D eigenvalue weighted by molar-refractivity contribution is 9.10. The average Bonchev–Trinajstić information content (AvgIpc) is 2.64. The van der Waals surface area contributed by atoms with Crippen LogP contribution in [0.4, 0.5) is 0 Å². The van der Waals surface area contributed by atoms with Crippen molar-refractivity contribution in [3.63, 3.8) is 0 Å². The van der Waals surface area contributed by atoms with E-state index in [0.29, 0.717) is 6.61 Å². The van der Waals surface area contributed by atoms with Gasteiger partial charge in [-0.25, -0.2) is 0 Å². The summed E-state index contributed by atoms with van der Waals surface area (Å²) in [6.07, 6.45) is 4.66. The first-order valence-electron chi connectivity index (χ1n) is 6.19. The molecule has 2 unspecified atom stereocenters. The molecule has 2 heterocycles. The van der Waals surface area contributed by atoms with Crippen LogP contribution in [0.2, 0.25) is 0 Å². The predicted molar refractivity (Wildman–Crippen MR) is 74.6 cm³/mol. The molecule has 0 saturated carbocycles. The molecule has 2 nitrogen and oxygen atoms in total. The number of rotatable bonds is 4. The summed E-state index contributed by atoms with van der Waals surface area (Å²) in [6.45, 7) is 2.84. The fourth-order valence-electron chi connectivity index (χ4n) is 2.42. The quantitative estimate of drug-likeness (QED) is 0.915. The lowest BCUT2D eigenvalue weighted by molar-refractivity contribution is -0.104. The Bertz CT molecular complexity index is 364. The zero-order chi connectivity index (χ0) is 12.3. The van der Waals surface area contributed by atoms with Crippen molar-refractivity contribution in [2.45, 2.75) is 50.7 Å². The summed E-state index contributed by atoms with van der Waals surface area (Å²) >= 11 is 5.24. The van der Waals surface area contributed by atoms with Gasteiger partial charge in [-0.1, -0.05) is 13.3 Å². The van der Waals surface area contributed by atoms with Gasteiger partial charge in [-0.15, -0.1) is 11.3 Å². The average molecular weight is 319 g/mol. The Hall–Kier alpha value is 0.1000. The molecule has 1 aromatic rings. The van der Waals surface area contributed by atoms with E-state index in [4.69, 9.17) is 4.74 Å². The van der Waals surface area contributed by atoms with Gasteiger partial charge in [0, 0.05) is 28.8 Å². The first-order chi connectivity index (χ1) is 8.13. The maximum absolute atomic E-state index is 10.7. The van der Waals surface area contributed by atoms with E-state index >= 15 is 0 Å². The summed E-state index contributed by atoms with van der Waals surface area (Å²) in [5.74, 6) is 0. The monoisotopic (exact) mass is 318 g/mol. The molecule has 0 radical (unpaired) electrons. The molecule has 1 aliphatic rings. The molecule has 1 aliphatic heterocycles. The van der Waals surface area contributed by atoms with Crippen LogP contribution in [-0.2, 0) is 11.2 Å². The van der Waals surface area contributed by atoms with E-state index in [-0.39, 0.29) is 6.10 Å². The fourth-order valence-corrected chi connectivity index (χ4v) is 4.05. The lowest BCUT2D eigenvalue weighted by Gasteiger charge is -2.36. The van der Waals surface area contributed by atoms with Gasteiger partial charge in [-0.2, -0.15) is 0 Å². The van der Waals surface area contributed by atoms with E-state index < -0.39 is 5.60 Å². The molecule has 1 N–H and O–H groups in total. The highest BCUT2D eigenvalue weighted by Gasteiger charge is 2.35. The van der Waals surface area contributed by atoms with Crippen molar-refractivity contribution < 1.29 is 9.84 Å². The van der Waals surface area contributed by atoms with E-state index in [1.54, 1.807) is 11.3 Å². The standard InChI is InChI=1S/C13H19BrO2S/c1-2-3-10-8-13(15,5-6-16-10)9-12-11(14)4-7-17-12/h4,7,10,15H,2-3,5-6,8-9H2,1H3. The van der Waals surface area contributed by atoms with Gasteiger partial charge in [0.25, 0.3) is 0 Å². The molecule has 1 fully saturated rings. The fraction of sp³-hybridized carbons (Fsp3) is 0.692. The summed E-state index contributed by atoms with van der Waals surface area (Å²) in [7, 11) is 0. The van der Waals surface area contributed by atoms with Gasteiger partial charge < -0.3 is 9.84 Å². The van der Waals surface area contributed by atoms with Gasteiger partial charge in [-0.3, -0.25) is 0 Å². The topological polar surface area (TPSA) is 29.5 Å². The van der Waals surface area contributed by atoms with Crippen molar-refractivity contribution >= 4 is 27.3 Å². The van der Waals surface area contributed by atoms with Crippen LogP contribution in [0, 0.1) is 0 Å². The van der Waals surface area contributed by atoms with Crippen LogP contribution in [-0.4, -0.2) is 23.4 Å². The summed E-state index contributed by atoms with van der Waals surface area (Å²) in [4.78, 5) is 1.24. The molecule has 4 heteroatoms. The largest absolute Gasteiger partial charge is 0.389 e. The molecule has 0 aromatic carbocycles. The molecule has 0 aliphatic carbocycles. The Morgan fingerprint density at radius 1 is 1.65 bits per heavy atom. The normalized spacial score (nSPS) is 29.5. The molecule has 0 amide bonds. The first kappa shape index (κ1) is 13.5. The number of halogens is 1. The lowest BCUT2D eigenvalue weighted by Crippen LogP contribution is -2.42. The van der Waals surface area contributed by atoms with Crippen LogP contribution in [0.25, 0.3) is 0 Å². The molecule has 0 bridgehead atoms. The van der Waals surface area contributed by atoms with Gasteiger partial charge >= 0.3 is 0 Å². The molecule has 1 saturated heterocycles. The Balaban J connectivity index is 2.00. The molecule has 0 spiro atoms. The second-order valence-corrected chi connectivity index (χ2v) is 6.68. The SMILES string of the molecule is CCCC1CC(O)(Cc2sccc2Br)CCO1.